The SMILES string of the molecule is FC(F)(F)Oc1cccc(-c2ccc3ccc(Br)cc3c2)c1. The predicted molar refractivity (Wildman–Crippen MR) is 83.8 cm³/mol. The molecule has 0 radical (unpaired) electrons. The van der Waals surface area contributed by atoms with Gasteiger partial charge in [-0.1, -0.05) is 46.3 Å². The van der Waals surface area contributed by atoms with Crippen LogP contribution in [0.1, 0.15) is 0 Å². The van der Waals surface area contributed by atoms with Gasteiger partial charge in [-0.3, -0.25) is 0 Å². The molecule has 0 amide bonds. The summed E-state index contributed by atoms with van der Waals surface area (Å²) in [7, 11) is 0. The van der Waals surface area contributed by atoms with Gasteiger partial charge in [-0.2, -0.15) is 0 Å². The molecule has 0 atom stereocenters. The van der Waals surface area contributed by atoms with Crippen LogP contribution in [0, 0.1) is 0 Å². The van der Waals surface area contributed by atoms with Crippen LogP contribution in [-0.4, -0.2) is 6.36 Å². The molecule has 0 fully saturated rings. The smallest absolute Gasteiger partial charge is 0.406 e. The minimum Gasteiger partial charge on any atom is -0.406 e. The molecule has 0 aromatic heterocycles. The molecule has 0 spiro atoms. The van der Waals surface area contributed by atoms with Crippen LogP contribution >= 0.6 is 15.9 Å². The molecular weight excluding hydrogens is 357 g/mol. The first-order valence-electron chi connectivity index (χ1n) is 6.46. The van der Waals surface area contributed by atoms with Crippen molar-refractivity contribution in [3.63, 3.8) is 0 Å². The Morgan fingerprint density at radius 2 is 1.50 bits per heavy atom. The van der Waals surface area contributed by atoms with Gasteiger partial charge < -0.3 is 4.74 Å². The highest BCUT2D eigenvalue weighted by Gasteiger charge is 2.31. The maximum Gasteiger partial charge on any atom is 0.573 e. The van der Waals surface area contributed by atoms with Crippen molar-refractivity contribution in [3.8, 4) is 16.9 Å². The van der Waals surface area contributed by atoms with Gasteiger partial charge in [-0.15, -0.1) is 13.2 Å². The third kappa shape index (κ3) is 3.42. The molecule has 0 heterocycles. The first-order chi connectivity index (χ1) is 10.4. The number of rotatable bonds is 2. The molecule has 3 aromatic carbocycles. The van der Waals surface area contributed by atoms with E-state index in [9.17, 15) is 13.2 Å². The third-order valence-electron chi connectivity index (χ3n) is 3.20. The Balaban J connectivity index is 2.01. The molecule has 0 aliphatic carbocycles. The lowest BCUT2D eigenvalue weighted by Crippen LogP contribution is -2.17. The lowest BCUT2D eigenvalue weighted by atomic mass is 10.0. The normalized spacial score (nSPS) is 11.6. The van der Waals surface area contributed by atoms with Crippen molar-refractivity contribution < 1.29 is 17.9 Å². The van der Waals surface area contributed by atoms with Gasteiger partial charge in [-0.05, 0) is 52.2 Å². The van der Waals surface area contributed by atoms with Gasteiger partial charge in [0.2, 0.25) is 0 Å². The standard InChI is InChI=1S/C17H10BrF3O/c18-15-7-6-11-4-5-13(8-14(11)9-15)12-2-1-3-16(10-12)22-17(19,20)21/h1-10H. The summed E-state index contributed by atoms with van der Waals surface area (Å²) in [4.78, 5) is 0. The highest BCUT2D eigenvalue weighted by Crippen LogP contribution is 2.30. The fourth-order valence-electron chi connectivity index (χ4n) is 2.27. The zero-order chi connectivity index (χ0) is 15.7. The van der Waals surface area contributed by atoms with Gasteiger partial charge >= 0.3 is 6.36 Å². The van der Waals surface area contributed by atoms with Crippen LogP contribution in [0.3, 0.4) is 0 Å². The van der Waals surface area contributed by atoms with Crippen LogP contribution in [0.15, 0.2) is 65.1 Å². The average Bonchev–Trinajstić information content (AvgIpc) is 2.45. The van der Waals surface area contributed by atoms with Crippen molar-refractivity contribution in [3.05, 3.63) is 65.1 Å². The average molecular weight is 367 g/mol. The minimum atomic E-state index is -4.69. The number of ether oxygens (including phenoxy) is 1. The zero-order valence-electron chi connectivity index (χ0n) is 11.2. The van der Waals surface area contributed by atoms with E-state index in [2.05, 4.69) is 20.7 Å². The lowest BCUT2D eigenvalue weighted by Gasteiger charge is -2.10. The van der Waals surface area contributed by atoms with Crippen molar-refractivity contribution in [2.45, 2.75) is 6.36 Å². The molecule has 3 rings (SSSR count). The number of fused-ring (bicyclic) bond motifs is 1. The van der Waals surface area contributed by atoms with Crippen LogP contribution in [0.5, 0.6) is 5.75 Å². The monoisotopic (exact) mass is 366 g/mol. The zero-order valence-corrected chi connectivity index (χ0v) is 12.8. The van der Waals surface area contributed by atoms with Crippen molar-refractivity contribution in [2.75, 3.05) is 0 Å². The van der Waals surface area contributed by atoms with Crippen LogP contribution in [0.25, 0.3) is 21.9 Å². The van der Waals surface area contributed by atoms with E-state index in [0.29, 0.717) is 5.56 Å². The number of hydrogen-bond acceptors (Lipinski definition) is 1. The Morgan fingerprint density at radius 3 is 2.27 bits per heavy atom. The fraction of sp³-hybridized carbons (Fsp3) is 0.0588. The van der Waals surface area contributed by atoms with Gasteiger partial charge in [0.1, 0.15) is 5.75 Å². The van der Waals surface area contributed by atoms with E-state index in [1.54, 1.807) is 12.1 Å². The molecule has 0 aliphatic rings. The van der Waals surface area contributed by atoms with E-state index in [1.165, 1.54) is 12.1 Å². The van der Waals surface area contributed by atoms with E-state index in [0.717, 1.165) is 20.8 Å². The highest BCUT2D eigenvalue weighted by molar-refractivity contribution is 9.10. The molecule has 3 aromatic rings. The van der Waals surface area contributed by atoms with E-state index >= 15 is 0 Å². The van der Waals surface area contributed by atoms with E-state index in [1.807, 2.05) is 36.4 Å². The molecule has 1 nitrogen and oxygen atoms in total. The van der Waals surface area contributed by atoms with Gasteiger partial charge in [-0.25, -0.2) is 0 Å². The number of alkyl halides is 3. The summed E-state index contributed by atoms with van der Waals surface area (Å²) in [5.41, 5.74) is 1.50. The van der Waals surface area contributed by atoms with Gasteiger partial charge in [0.25, 0.3) is 0 Å². The van der Waals surface area contributed by atoms with Crippen molar-refractivity contribution in [2.24, 2.45) is 0 Å². The van der Waals surface area contributed by atoms with E-state index in [-0.39, 0.29) is 5.75 Å². The van der Waals surface area contributed by atoms with Crippen LogP contribution in [0.4, 0.5) is 13.2 Å². The van der Waals surface area contributed by atoms with Crippen molar-refractivity contribution in [1.82, 2.24) is 0 Å². The predicted octanol–water partition coefficient (Wildman–Crippen LogP) is 6.17. The molecule has 22 heavy (non-hydrogen) atoms. The first kappa shape index (κ1) is 14.9. The Bertz CT molecular complexity index is 827. The summed E-state index contributed by atoms with van der Waals surface area (Å²) in [5.74, 6) is -0.223. The molecule has 0 N–H and O–H groups in total. The molecule has 5 heteroatoms. The molecule has 0 unspecified atom stereocenters. The summed E-state index contributed by atoms with van der Waals surface area (Å²) in [6.45, 7) is 0. The summed E-state index contributed by atoms with van der Waals surface area (Å²) < 4.78 is 41.8. The quantitative estimate of drug-likeness (QED) is 0.527. The topological polar surface area (TPSA) is 9.23 Å². The maximum atomic E-state index is 12.3. The second-order valence-corrected chi connectivity index (χ2v) is 5.70. The third-order valence-corrected chi connectivity index (χ3v) is 3.70. The Hall–Kier alpha value is -2.01. The molecule has 0 saturated heterocycles. The Kier molecular flexibility index (Phi) is 3.83. The highest BCUT2D eigenvalue weighted by atomic mass is 79.9. The van der Waals surface area contributed by atoms with E-state index in [4.69, 9.17) is 0 Å². The lowest BCUT2D eigenvalue weighted by molar-refractivity contribution is -0.274. The number of halogens is 4. The van der Waals surface area contributed by atoms with Crippen LogP contribution < -0.4 is 4.74 Å². The second-order valence-electron chi connectivity index (χ2n) is 4.78. The Morgan fingerprint density at radius 1 is 0.773 bits per heavy atom. The fourth-order valence-corrected chi connectivity index (χ4v) is 2.65. The largest absolute Gasteiger partial charge is 0.573 e. The first-order valence-corrected chi connectivity index (χ1v) is 7.25. The molecule has 0 saturated carbocycles. The van der Waals surface area contributed by atoms with Crippen molar-refractivity contribution in [1.29, 1.82) is 0 Å². The van der Waals surface area contributed by atoms with Crippen LogP contribution in [-0.2, 0) is 0 Å². The summed E-state index contributed by atoms with van der Waals surface area (Å²) >= 11 is 3.41. The second kappa shape index (κ2) is 5.65. The van der Waals surface area contributed by atoms with Gasteiger partial charge in [0.05, 0.1) is 0 Å². The minimum absolute atomic E-state index is 0.223. The van der Waals surface area contributed by atoms with E-state index < -0.39 is 6.36 Å². The Labute approximate surface area is 133 Å². The maximum absolute atomic E-state index is 12.3. The molecule has 0 bridgehead atoms. The number of hydrogen-bond donors (Lipinski definition) is 0. The summed E-state index contributed by atoms with van der Waals surface area (Å²) in [5, 5.41) is 2.07. The molecular formula is C17H10BrF3O. The van der Waals surface area contributed by atoms with Gasteiger partial charge in [0, 0.05) is 4.47 Å². The summed E-state index contributed by atoms with van der Waals surface area (Å²) in [6.07, 6.45) is -4.69. The summed E-state index contributed by atoms with van der Waals surface area (Å²) in [6, 6.07) is 17.6. The molecule has 0 aliphatic heterocycles. The van der Waals surface area contributed by atoms with Gasteiger partial charge in [0.15, 0.2) is 0 Å². The molecule has 112 valence electrons. The van der Waals surface area contributed by atoms with Crippen molar-refractivity contribution >= 4 is 26.7 Å². The number of benzene rings is 3. The van der Waals surface area contributed by atoms with Crippen LogP contribution in [0.2, 0.25) is 0 Å².